The summed E-state index contributed by atoms with van der Waals surface area (Å²) in [6, 6.07) is 0. The minimum atomic E-state index is -3.38. The van der Waals surface area contributed by atoms with Gasteiger partial charge in [0.25, 0.3) is 0 Å². The fourth-order valence-electron chi connectivity index (χ4n) is 3.62. The third kappa shape index (κ3) is 4.32. The van der Waals surface area contributed by atoms with E-state index < -0.39 is 9.84 Å². The Bertz CT molecular complexity index is 762. The third-order valence-corrected chi connectivity index (χ3v) is 6.19. The van der Waals surface area contributed by atoms with Gasteiger partial charge in [-0.3, -0.25) is 4.79 Å². The number of nitrogens with zero attached hydrogens (tertiary/aromatic N) is 4. The van der Waals surface area contributed by atoms with E-state index in [9.17, 15) is 13.2 Å². The van der Waals surface area contributed by atoms with Gasteiger partial charge in [-0.1, -0.05) is 0 Å². The Balaban J connectivity index is 1.89. The summed E-state index contributed by atoms with van der Waals surface area (Å²) in [7, 11) is -3.38. The molecule has 0 aromatic carbocycles. The van der Waals surface area contributed by atoms with Gasteiger partial charge >= 0.3 is 0 Å². The van der Waals surface area contributed by atoms with E-state index in [0.717, 1.165) is 45.4 Å². The summed E-state index contributed by atoms with van der Waals surface area (Å²) in [5.74, 6) is 0.716. The Kier molecular flexibility index (Phi) is 5.76. The Labute approximate surface area is 154 Å². The van der Waals surface area contributed by atoms with Crippen molar-refractivity contribution in [1.82, 2.24) is 20.2 Å². The predicted octanol–water partition coefficient (Wildman–Crippen LogP) is 0.406. The van der Waals surface area contributed by atoms with Crippen LogP contribution in [-0.2, 0) is 14.6 Å². The van der Waals surface area contributed by atoms with Gasteiger partial charge in [0.15, 0.2) is 9.84 Å². The highest BCUT2D eigenvalue weighted by molar-refractivity contribution is 7.90. The number of sulfone groups is 1. The second-order valence-electron chi connectivity index (χ2n) is 7.08. The number of aromatic nitrogens is 2. The monoisotopic (exact) mass is 381 g/mol. The molecule has 2 aliphatic rings. The van der Waals surface area contributed by atoms with E-state index in [-0.39, 0.29) is 16.7 Å². The van der Waals surface area contributed by atoms with Crippen LogP contribution in [0.4, 0.5) is 5.95 Å². The second-order valence-corrected chi connectivity index (χ2v) is 9.07. The van der Waals surface area contributed by atoms with Crippen LogP contribution in [0.25, 0.3) is 0 Å². The van der Waals surface area contributed by atoms with Gasteiger partial charge in [-0.25, -0.2) is 18.4 Å². The number of anilines is 1. The predicted molar refractivity (Wildman–Crippen MR) is 99.1 cm³/mol. The maximum atomic E-state index is 12.2. The van der Waals surface area contributed by atoms with Crippen LogP contribution in [0.2, 0.25) is 0 Å². The van der Waals surface area contributed by atoms with Crippen LogP contribution >= 0.6 is 0 Å². The van der Waals surface area contributed by atoms with Crippen molar-refractivity contribution in [2.45, 2.75) is 37.0 Å². The van der Waals surface area contributed by atoms with Crippen LogP contribution in [0, 0.1) is 0 Å². The minimum Gasteiger partial charge on any atom is -0.341 e. The number of hydrogen-bond donors (Lipinski definition) is 1. The average Bonchev–Trinajstić information content (AvgIpc) is 2.87. The zero-order valence-corrected chi connectivity index (χ0v) is 16.3. The summed E-state index contributed by atoms with van der Waals surface area (Å²) >= 11 is 0. The lowest BCUT2D eigenvalue weighted by atomic mass is 9.96. The first-order valence-corrected chi connectivity index (χ1v) is 11.0. The first kappa shape index (κ1) is 19.0. The van der Waals surface area contributed by atoms with Gasteiger partial charge in [-0.05, 0) is 25.8 Å². The summed E-state index contributed by atoms with van der Waals surface area (Å²) in [6.07, 6.45) is 5.43. The molecule has 0 bridgehead atoms. The Morgan fingerprint density at radius 3 is 2.69 bits per heavy atom. The molecule has 3 rings (SSSR count). The van der Waals surface area contributed by atoms with E-state index in [2.05, 4.69) is 15.2 Å². The van der Waals surface area contributed by atoms with Crippen molar-refractivity contribution in [2.75, 3.05) is 50.4 Å². The summed E-state index contributed by atoms with van der Waals surface area (Å²) in [5, 5.41) is 3.33. The molecule has 8 nitrogen and oxygen atoms in total. The van der Waals surface area contributed by atoms with Crippen LogP contribution in [0.5, 0.6) is 0 Å². The fraction of sp³-hybridized carbons (Fsp3) is 0.706. The van der Waals surface area contributed by atoms with Crippen LogP contribution in [0.1, 0.15) is 37.8 Å². The highest BCUT2D eigenvalue weighted by atomic mass is 32.2. The van der Waals surface area contributed by atoms with Crippen LogP contribution in [-0.4, -0.2) is 74.7 Å². The fourth-order valence-corrected chi connectivity index (χ4v) is 4.46. The number of hydrogen-bond acceptors (Lipinski definition) is 7. The summed E-state index contributed by atoms with van der Waals surface area (Å²) in [5.41, 5.74) is 0.623. The van der Waals surface area contributed by atoms with Gasteiger partial charge in [-0.2, -0.15) is 0 Å². The second kappa shape index (κ2) is 7.87. The van der Waals surface area contributed by atoms with Gasteiger partial charge in [0.05, 0.1) is 11.9 Å². The van der Waals surface area contributed by atoms with Crippen molar-refractivity contribution >= 4 is 21.7 Å². The maximum Gasteiger partial charge on any atom is 0.225 e. The lowest BCUT2D eigenvalue weighted by molar-refractivity contribution is -0.128. The lowest BCUT2D eigenvalue weighted by Gasteiger charge is -2.26. The topological polar surface area (TPSA) is 95.5 Å². The first-order chi connectivity index (χ1) is 12.4. The Morgan fingerprint density at radius 2 is 2.04 bits per heavy atom. The molecule has 1 atom stereocenters. The molecule has 1 aromatic rings. The van der Waals surface area contributed by atoms with Gasteiger partial charge in [-0.15, -0.1) is 0 Å². The molecule has 0 spiro atoms. The number of carbonyl (C=O) groups excluding carboxylic acids is 1. The van der Waals surface area contributed by atoms with Gasteiger partial charge in [0.1, 0.15) is 4.90 Å². The number of amides is 1. The van der Waals surface area contributed by atoms with Crippen molar-refractivity contribution in [3.63, 3.8) is 0 Å². The molecular weight excluding hydrogens is 354 g/mol. The third-order valence-electron chi connectivity index (χ3n) is 5.08. The molecule has 2 saturated heterocycles. The number of piperidine rings is 1. The van der Waals surface area contributed by atoms with Gasteiger partial charge in [0, 0.05) is 51.8 Å². The Morgan fingerprint density at radius 1 is 1.23 bits per heavy atom. The van der Waals surface area contributed by atoms with Crippen LogP contribution in [0.15, 0.2) is 11.1 Å². The van der Waals surface area contributed by atoms with Crippen molar-refractivity contribution < 1.29 is 13.2 Å². The molecule has 3 heterocycles. The van der Waals surface area contributed by atoms with Crippen molar-refractivity contribution in [2.24, 2.45) is 0 Å². The molecule has 0 saturated carbocycles. The van der Waals surface area contributed by atoms with Crippen LogP contribution < -0.4 is 10.2 Å². The number of nitrogens with one attached hydrogen (secondary N) is 1. The molecule has 2 aliphatic heterocycles. The number of carbonyl (C=O) groups is 1. The summed E-state index contributed by atoms with van der Waals surface area (Å²) < 4.78 is 24.4. The molecule has 0 radical (unpaired) electrons. The zero-order valence-electron chi connectivity index (χ0n) is 15.4. The average molecular weight is 382 g/mol. The van der Waals surface area contributed by atoms with E-state index in [1.165, 1.54) is 12.5 Å². The van der Waals surface area contributed by atoms with E-state index >= 15 is 0 Å². The molecule has 1 N–H and O–H groups in total. The molecule has 0 aliphatic carbocycles. The SMILES string of the molecule is CC(=O)N1CCCN(c2ncc(S(C)(=O)=O)c([C@H]3CCCNC3)n2)CC1. The number of rotatable bonds is 3. The standard InChI is InChI=1S/C17H27N5O3S/c1-13(23)21-7-4-8-22(10-9-21)17-19-12-15(26(2,24)25)16(20-17)14-5-3-6-18-11-14/h12,14,18H,3-11H2,1-2H3/t14-/m0/s1. The molecule has 144 valence electrons. The summed E-state index contributed by atoms with van der Waals surface area (Å²) in [4.78, 5) is 24.8. The summed E-state index contributed by atoms with van der Waals surface area (Å²) in [6.45, 7) is 6.04. The molecule has 2 fully saturated rings. The maximum absolute atomic E-state index is 12.2. The minimum absolute atomic E-state index is 0.0779. The highest BCUT2D eigenvalue weighted by Crippen LogP contribution is 2.28. The molecular formula is C17H27N5O3S. The highest BCUT2D eigenvalue weighted by Gasteiger charge is 2.27. The molecule has 9 heteroatoms. The molecule has 1 amide bonds. The quantitative estimate of drug-likeness (QED) is 0.810. The molecule has 26 heavy (non-hydrogen) atoms. The van der Waals surface area contributed by atoms with E-state index in [1.807, 2.05) is 4.90 Å². The van der Waals surface area contributed by atoms with Crippen molar-refractivity contribution in [3.05, 3.63) is 11.9 Å². The lowest BCUT2D eigenvalue weighted by Crippen LogP contribution is -2.34. The van der Waals surface area contributed by atoms with Crippen molar-refractivity contribution in [1.29, 1.82) is 0 Å². The van der Waals surface area contributed by atoms with E-state index in [1.54, 1.807) is 6.92 Å². The van der Waals surface area contributed by atoms with Gasteiger partial charge in [0.2, 0.25) is 11.9 Å². The van der Waals surface area contributed by atoms with Crippen molar-refractivity contribution in [3.8, 4) is 0 Å². The largest absolute Gasteiger partial charge is 0.341 e. The van der Waals surface area contributed by atoms with E-state index in [4.69, 9.17) is 4.98 Å². The molecule has 0 unspecified atom stereocenters. The normalized spacial score (nSPS) is 22.2. The first-order valence-electron chi connectivity index (χ1n) is 9.14. The van der Waals surface area contributed by atoms with Gasteiger partial charge < -0.3 is 15.1 Å². The smallest absolute Gasteiger partial charge is 0.225 e. The zero-order chi connectivity index (χ0) is 18.7. The Hall–Kier alpha value is -1.74. The van der Waals surface area contributed by atoms with E-state index in [0.29, 0.717) is 24.7 Å². The molecule has 1 aromatic heterocycles. The van der Waals surface area contributed by atoms with Crippen LogP contribution in [0.3, 0.4) is 0 Å².